The van der Waals surface area contributed by atoms with E-state index in [0.717, 1.165) is 0 Å². The number of rotatable bonds is 7. The van der Waals surface area contributed by atoms with Gasteiger partial charge in [0.1, 0.15) is 6.33 Å². The molecule has 2 heterocycles. The van der Waals surface area contributed by atoms with E-state index in [-0.39, 0.29) is 29.9 Å². The minimum atomic E-state index is -3.05. The molecule has 0 aliphatic carbocycles. The molecule has 4 N–H and O–H groups in total. The predicted molar refractivity (Wildman–Crippen MR) is 77.6 cm³/mol. The minimum Gasteiger partial charge on any atom is -0.353 e. The van der Waals surface area contributed by atoms with Gasteiger partial charge in [0.05, 0.1) is 5.75 Å². The lowest BCUT2D eigenvalue weighted by Crippen LogP contribution is -2.20. The monoisotopic (exact) mass is 312 g/mol. The summed E-state index contributed by atoms with van der Waals surface area (Å²) in [7, 11) is -3.05. The lowest BCUT2D eigenvalue weighted by atomic mass is 10.7. The number of nitrogen functional groups attached to an aromatic ring is 1. The maximum Gasteiger partial charge on any atom is 0.243 e. The lowest BCUT2D eigenvalue weighted by Gasteiger charge is -2.08. The van der Waals surface area contributed by atoms with Gasteiger partial charge >= 0.3 is 0 Å². The van der Waals surface area contributed by atoms with Crippen molar-refractivity contribution in [2.24, 2.45) is 5.84 Å². The molecule has 0 fully saturated rings. The summed E-state index contributed by atoms with van der Waals surface area (Å²) in [5, 5.41) is 2.84. The molecule has 2 aromatic heterocycles. The Morgan fingerprint density at radius 2 is 2.05 bits per heavy atom. The lowest BCUT2D eigenvalue weighted by molar-refractivity contribution is 0.597. The van der Waals surface area contributed by atoms with Crippen LogP contribution in [0.25, 0.3) is 5.95 Å². The number of nitrogens with two attached hydrogens (primary N) is 1. The van der Waals surface area contributed by atoms with E-state index >= 15 is 0 Å². The largest absolute Gasteiger partial charge is 0.353 e. The fourth-order valence-electron chi connectivity index (χ4n) is 1.46. The van der Waals surface area contributed by atoms with Crippen molar-refractivity contribution >= 4 is 21.7 Å². The molecule has 0 spiro atoms. The van der Waals surface area contributed by atoms with Crippen molar-refractivity contribution in [2.45, 2.75) is 6.92 Å². The first-order valence-electron chi connectivity index (χ1n) is 6.19. The Labute approximate surface area is 121 Å². The van der Waals surface area contributed by atoms with Gasteiger partial charge in [-0.1, -0.05) is 6.92 Å². The van der Waals surface area contributed by atoms with Crippen molar-refractivity contribution < 1.29 is 8.42 Å². The van der Waals surface area contributed by atoms with Crippen LogP contribution in [0.15, 0.2) is 18.7 Å². The van der Waals surface area contributed by atoms with Gasteiger partial charge < -0.3 is 5.32 Å². The molecular formula is C10H16N8O2S. The van der Waals surface area contributed by atoms with E-state index in [1.165, 1.54) is 6.33 Å². The fraction of sp³-hybridized carbons (Fsp3) is 0.400. The van der Waals surface area contributed by atoms with Crippen molar-refractivity contribution in [1.82, 2.24) is 24.5 Å². The van der Waals surface area contributed by atoms with Crippen LogP contribution < -0.4 is 16.6 Å². The first-order chi connectivity index (χ1) is 10.0. The molecule has 114 valence electrons. The highest BCUT2D eigenvalue weighted by molar-refractivity contribution is 7.91. The zero-order chi connectivity index (χ0) is 15.3. The zero-order valence-electron chi connectivity index (χ0n) is 11.4. The molecule has 0 amide bonds. The summed E-state index contributed by atoms with van der Waals surface area (Å²) in [6, 6.07) is 0. The topological polar surface area (TPSA) is 141 Å². The van der Waals surface area contributed by atoms with Gasteiger partial charge in [0.15, 0.2) is 9.84 Å². The predicted octanol–water partition coefficient (Wildman–Crippen LogP) is -0.810. The summed E-state index contributed by atoms with van der Waals surface area (Å²) in [4.78, 5) is 16.2. The van der Waals surface area contributed by atoms with Crippen molar-refractivity contribution in [3.63, 3.8) is 0 Å². The number of anilines is 2. The van der Waals surface area contributed by atoms with E-state index in [2.05, 4.69) is 30.7 Å². The van der Waals surface area contributed by atoms with Gasteiger partial charge in [0, 0.05) is 24.7 Å². The highest BCUT2D eigenvalue weighted by atomic mass is 32.2. The fourth-order valence-corrected chi connectivity index (χ4v) is 2.17. The molecule has 0 radical (unpaired) electrons. The summed E-state index contributed by atoms with van der Waals surface area (Å²) >= 11 is 0. The molecule has 2 rings (SSSR count). The number of hydrogen-bond acceptors (Lipinski definition) is 9. The maximum atomic E-state index is 11.4. The minimum absolute atomic E-state index is 0.000971. The van der Waals surface area contributed by atoms with Crippen LogP contribution in [0.3, 0.4) is 0 Å². The highest BCUT2D eigenvalue weighted by Gasteiger charge is 2.10. The Balaban J connectivity index is 2.14. The molecule has 0 atom stereocenters. The molecule has 0 unspecified atom stereocenters. The molecular weight excluding hydrogens is 296 g/mol. The number of nitrogens with one attached hydrogen (secondary N) is 2. The van der Waals surface area contributed by atoms with Crippen LogP contribution in [0.2, 0.25) is 0 Å². The van der Waals surface area contributed by atoms with Crippen molar-refractivity contribution in [2.75, 3.05) is 28.8 Å². The van der Waals surface area contributed by atoms with Gasteiger partial charge in [-0.25, -0.2) is 19.2 Å². The van der Waals surface area contributed by atoms with E-state index in [1.807, 2.05) is 0 Å². The van der Waals surface area contributed by atoms with Crippen LogP contribution in [0.5, 0.6) is 0 Å². The molecule has 21 heavy (non-hydrogen) atoms. The summed E-state index contributed by atoms with van der Waals surface area (Å²) in [5.41, 5.74) is 2.33. The Morgan fingerprint density at radius 1 is 1.29 bits per heavy atom. The van der Waals surface area contributed by atoms with Crippen molar-refractivity contribution in [3.8, 4) is 5.95 Å². The Hall–Kier alpha value is -2.27. The molecule has 0 saturated carbocycles. The van der Waals surface area contributed by atoms with Crippen LogP contribution in [0.1, 0.15) is 6.92 Å². The zero-order valence-corrected chi connectivity index (χ0v) is 12.2. The number of hydrazine groups is 1. The third kappa shape index (κ3) is 4.10. The third-order valence-corrected chi connectivity index (χ3v) is 4.33. The van der Waals surface area contributed by atoms with Gasteiger partial charge in [-0.15, -0.1) is 0 Å². The van der Waals surface area contributed by atoms with E-state index in [0.29, 0.717) is 5.95 Å². The van der Waals surface area contributed by atoms with Gasteiger partial charge in [-0.05, 0) is 0 Å². The summed E-state index contributed by atoms with van der Waals surface area (Å²) < 4.78 is 24.4. The molecule has 0 aliphatic rings. The first kappa shape index (κ1) is 15.1. The van der Waals surface area contributed by atoms with Crippen LogP contribution >= 0.6 is 0 Å². The second-order valence-corrected chi connectivity index (χ2v) is 6.53. The summed E-state index contributed by atoms with van der Waals surface area (Å²) in [6.07, 6.45) is 4.78. The molecule has 0 bridgehead atoms. The van der Waals surface area contributed by atoms with E-state index in [4.69, 9.17) is 5.84 Å². The molecule has 2 aromatic rings. The van der Waals surface area contributed by atoms with E-state index in [9.17, 15) is 8.42 Å². The maximum absolute atomic E-state index is 11.4. The van der Waals surface area contributed by atoms with Crippen molar-refractivity contribution in [1.29, 1.82) is 0 Å². The average molecular weight is 312 g/mol. The van der Waals surface area contributed by atoms with Gasteiger partial charge in [-0.2, -0.15) is 15.0 Å². The summed E-state index contributed by atoms with van der Waals surface area (Å²) in [5.74, 6) is 6.12. The molecule has 10 nitrogen and oxygen atoms in total. The van der Waals surface area contributed by atoms with E-state index in [1.54, 1.807) is 23.9 Å². The number of aromatic nitrogens is 5. The Morgan fingerprint density at radius 3 is 2.67 bits per heavy atom. The van der Waals surface area contributed by atoms with Gasteiger partial charge in [0.2, 0.25) is 17.8 Å². The Bertz CT molecular complexity index is 685. The number of imidazole rings is 1. The molecule has 0 saturated heterocycles. The van der Waals surface area contributed by atoms with Crippen molar-refractivity contribution in [3.05, 3.63) is 18.7 Å². The average Bonchev–Trinajstić information content (AvgIpc) is 3.01. The molecule has 11 heteroatoms. The molecule has 0 aromatic carbocycles. The number of hydrogen-bond donors (Lipinski definition) is 3. The van der Waals surface area contributed by atoms with Gasteiger partial charge in [0.25, 0.3) is 0 Å². The SMILES string of the molecule is CCS(=O)(=O)CCNc1nc(NN)nc(-n2ccnc2)n1. The third-order valence-electron chi connectivity index (χ3n) is 2.62. The second kappa shape index (κ2) is 6.45. The molecule has 0 aliphatic heterocycles. The van der Waals surface area contributed by atoms with Crippen LogP contribution in [0.4, 0.5) is 11.9 Å². The highest BCUT2D eigenvalue weighted by Crippen LogP contribution is 2.08. The van der Waals surface area contributed by atoms with E-state index < -0.39 is 9.84 Å². The summed E-state index contributed by atoms with van der Waals surface area (Å²) in [6.45, 7) is 1.80. The Kier molecular flexibility index (Phi) is 4.65. The first-order valence-corrected chi connectivity index (χ1v) is 8.01. The normalized spacial score (nSPS) is 11.3. The smallest absolute Gasteiger partial charge is 0.243 e. The van der Waals surface area contributed by atoms with Crippen LogP contribution in [0, 0.1) is 0 Å². The van der Waals surface area contributed by atoms with Gasteiger partial charge in [-0.3, -0.25) is 9.99 Å². The number of nitrogens with zero attached hydrogens (tertiary/aromatic N) is 5. The second-order valence-electron chi connectivity index (χ2n) is 4.06. The standard InChI is InChI=1S/C10H16N8O2S/c1-2-21(19,20)6-4-13-8-14-9(17-11)16-10(15-8)18-5-3-12-7-18/h3,5,7H,2,4,6,11H2,1H3,(H2,13,14,15,16,17). The van der Waals surface area contributed by atoms with Crippen LogP contribution in [-0.2, 0) is 9.84 Å². The quantitative estimate of drug-likeness (QED) is 0.442. The van der Waals surface area contributed by atoms with Crippen LogP contribution in [-0.4, -0.2) is 51.0 Å². The number of sulfone groups is 1.